The van der Waals surface area contributed by atoms with Gasteiger partial charge in [0, 0.05) is 0 Å². The Morgan fingerprint density at radius 2 is 0.800 bits per heavy atom. The average Bonchev–Trinajstić information content (AvgIpc) is 2.83. The van der Waals surface area contributed by atoms with Gasteiger partial charge in [0.1, 0.15) is 0 Å². The highest BCUT2D eigenvalue weighted by atomic mass is 16.7. The molecule has 1 aliphatic rings. The van der Waals surface area contributed by atoms with E-state index < -0.39 is 21.4 Å². The molecule has 6 nitrogen and oxygen atoms in total. The minimum atomic E-state index is -0.807. The first kappa shape index (κ1) is 19.5. The van der Waals surface area contributed by atoms with Crippen molar-refractivity contribution in [2.75, 3.05) is 0 Å². The number of rotatable bonds is 3. The van der Waals surface area contributed by atoms with Gasteiger partial charge < -0.3 is 13.7 Å². The molecule has 0 aliphatic carbocycles. The third kappa shape index (κ3) is 4.13. The van der Waals surface area contributed by atoms with Gasteiger partial charge in [-0.2, -0.15) is 15.8 Å². The zero-order valence-corrected chi connectivity index (χ0v) is 15.7. The van der Waals surface area contributed by atoms with Crippen molar-refractivity contribution in [2.45, 2.75) is 0 Å². The van der Waals surface area contributed by atoms with E-state index >= 15 is 0 Å². The maximum Gasteiger partial charge on any atom is 0.467 e. The molecule has 0 unspecified atom stereocenters. The molecular formula is C21H12B3N3O3. The predicted octanol–water partition coefficient (Wildman–Crippen LogP) is 0.851. The van der Waals surface area contributed by atoms with Gasteiger partial charge in [0.05, 0.1) is 34.9 Å². The van der Waals surface area contributed by atoms with Crippen LogP contribution < -0.4 is 16.4 Å². The van der Waals surface area contributed by atoms with Crippen LogP contribution in [0.25, 0.3) is 0 Å². The first-order chi connectivity index (χ1) is 14.7. The minimum Gasteiger partial charge on any atom is -0.445 e. The number of benzene rings is 3. The van der Waals surface area contributed by atoms with Crippen LogP contribution in [0.1, 0.15) is 16.7 Å². The smallest absolute Gasteiger partial charge is 0.445 e. The van der Waals surface area contributed by atoms with E-state index in [1.54, 1.807) is 54.6 Å². The van der Waals surface area contributed by atoms with E-state index in [1.165, 1.54) is 0 Å². The lowest BCUT2D eigenvalue weighted by atomic mass is 9.61. The molecule has 1 aliphatic heterocycles. The summed E-state index contributed by atoms with van der Waals surface area (Å²) in [4.78, 5) is 0. The normalized spacial score (nSPS) is 13.3. The first-order valence-corrected chi connectivity index (χ1v) is 9.17. The Morgan fingerprint density at radius 1 is 0.500 bits per heavy atom. The minimum absolute atomic E-state index is 0.484. The SMILES string of the molecule is N#Cc1cccc(B2OB(c3cccc(C#N)c3)OB(c3cccc(C#N)c3)O2)c1. The van der Waals surface area contributed by atoms with Crippen LogP contribution in [0.3, 0.4) is 0 Å². The molecule has 4 rings (SSSR count). The van der Waals surface area contributed by atoms with Crippen LogP contribution in [-0.4, -0.2) is 21.4 Å². The van der Waals surface area contributed by atoms with E-state index in [0.29, 0.717) is 33.1 Å². The molecule has 1 saturated heterocycles. The van der Waals surface area contributed by atoms with Crippen LogP contribution in [0.2, 0.25) is 0 Å². The van der Waals surface area contributed by atoms with Gasteiger partial charge in [-0.25, -0.2) is 0 Å². The Labute approximate surface area is 175 Å². The van der Waals surface area contributed by atoms with Gasteiger partial charge in [0.15, 0.2) is 0 Å². The zero-order valence-electron chi connectivity index (χ0n) is 15.7. The summed E-state index contributed by atoms with van der Waals surface area (Å²) in [6.45, 7) is 0. The third-order valence-corrected chi connectivity index (χ3v) is 4.61. The lowest BCUT2D eigenvalue weighted by Gasteiger charge is -2.31. The second-order valence-corrected chi connectivity index (χ2v) is 6.62. The van der Waals surface area contributed by atoms with Crippen molar-refractivity contribution < 1.29 is 13.7 Å². The summed E-state index contributed by atoms with van der Waals surface area (Å²) in [5.74, 6) is 0. The zero-order chi connectivity index (χ0) is 20.9. The van der Waals surface area contributed by atoms with E-state index in [0.717, 1.165) is 0 Å². The standard InChI is InChI=1S/C21H12B3N3O3/c25-13-16-4-1-7-19(10-16)22-28-23(20-8-2-5-17(11-20)14-26)30-24(29-22)21-9-3-6-18(12-21)15-27/h1-12H. The van der Waals surface area contributed by atoms with Gasteiger partial charge >= 0.3 is 21.4 Å². The van der Waals surface area contributed by atoms with E-state index in [9.17, 15) is 15.8 Å². The predicted molar refractivity (Wildman–Crippen MR) is 113 cm³/mol. The fraction of sp³-hybridized carbons (Fsp3) is 0. The van der Waals surface area contributed by atoms with Crippen LogP contribution in [0, 0.1) is 34.0 Å². The summed E-state index contributed by atoms with van der Waals surface area (Å²) in [6, 6.07) is 27.2. The summed E-state index contributed by atoms with van der Waals surface area (Å²) >= 11 is 0. The molecule has 138 valence electrons. The van der Waals surface area contributed by atoms with Gasteiger partial charge in [-0.05, 0) is 52.8 Å². The summed E-state index contributed by atoms with van der Waals surface area (Å²) in [7, 11) is -2.42. The molecular weight excluding hydrogens is 375 g/mol. The molecule has 0 amide bonds. The van der Waals surface area contributed by atoms with Gasteiger partial charge in [0.2, 0.25) is 0 Å². The van der Waals surface area contributed by atoms with Crippen molar-refractivity contribution in [3.8, 4) is 18.2 Å². The Kier molecular flexibility index (Phi) is 5.66. The van der Waals surface area contributed by atoms with Gasteiger partial charge in [-0.15, -0.1) is 0 Å². The van der Waals surface area contributed by atoms with E-state index in [2.05, 4.69) is 18.2 Å². The molecule has 3 aromatic rings. The maximum atomic E-state index is 9.22. The van der Waals surface area contributed by atoms with Crippen molar-refractivity contribution in [1.82, 2.24) is 0 Å². The van der Waals surface area contributed by atoms with Crippen LogP contribution >= 0.6 is 0 Å². The molecule has 3 aromatic carbocycles. The molecule has 0 atom stereocenters. The van der Waals surface area contributed by atoms with Crippen molar-refractivity contribution >= 4 is 37.7 Å². The molecule has 0 N–H and O–H groups in total. The molecule has 0 spiro atoms. The molecule has 1 heterocycles. The van der Waals surface area contributed by atoms with Crippen LogP contribution in [0.4, 0.5) is 0 Å². The summed E-state index contributed by atoms with van der Waals surface area (Å²) in [6.07, 6.45) is 0. The third-order valence-electron chi connectivity index (χ3n) is 4.61. The molecule has 0 radical (unpaired) electrons. The monoisotopic (exact) mass is 387 g/mol. The topological polar surface area (TPSA) is 99.1 Å². The molecule has 9 heteroatoms. The Morgan fingerprint density at radius 3 is 1.07 bits per heavy atom. The number of hydrogen-bond acceptors (Lipinski definition) is 6. The van der Waals surface area contributed by atoms with Gasteiger partial charge in [-0.3, -0.25) is 0 Å². The van der Waals surface area contributed by atoms with Crippen molar-refractivity contribution in [2.24, 2.45) is 0 Å². The molecule has 1 fully saturated rings. The number of hydrogen-bond donors (Lipinski definition) is 0. The highest BCUT2D eigenvalue weighted by Crippen LogP contribution is 2.12. The molecule has 0 aromatic heterocycles. The van der Waals surface area contributed by atoms with Crippen LogP contribution in [0.5, 0.6) is 0 Å². The van der Waals surface area contributed by atoms with Crippen LogP contribution in [-0.2, 0) is 13.7 Å². The summed E-state index contributed by atoms with van der Waals surface area (Å²) in [5, 5.41) is 27.7. The lowest BCUT2D eigenvalue weighted by molar-refractivity contribution is 0.308. The van der Waals surface area contributed by atoms with Gasteiger partial charge in [0.25, 0.3) is 0 Å². The van der Waals surface area contributed by atoms with E-state index in [4.69, 9.17) is 13.7 Å². The number of nitriles is 3. The maximum absolute atomic E-state index is 9.22. The Balaban J connectivity index is 1.72. The lowest BCUT2D eigenvalue weighted by Crippen LogP contribution is -2.61. The second kappa shape index (κ2) is 8.70. The van der Waals surface area contributed by atoms with Crippen LogP contribution in [0.15, 0.2) is 72.8 Å². The Bertz CT molecular complexity index is 1060. The van der Waals surface area contributed by atoms with Crippen molar-refractivity contribution in [1.29, 1.82) is 15.8 Å². The average molecular weight is 387 g/mol. The molecule has 0 saturated carbocycles. The van der Waals surface area contributed by atoms with E-state index in [-0.39, 0.29) is 0 Å². The second-order valence-electron chi connectivity index (χ2n) is 6.62. The largest absolute Gasteiger partial charge is 0.467 e. The van der Waals surface area contributed by atoms with Gasteiger partial charge in [-0.1, -0.05) is 36.4 Å². The highest BCUT2D eigenvalue weighted by molar-refractivity contribution is 6.87. The molecule has 30 heavy (non-hydrogen) atoms. The summed E-state index contributed by atoms with van der Waals surface area (Å²) in [5.41, 5.74) is 3.45. The van der Waals surface area contributed by atoms with Crippen molar-refractivity contribution in [3.63, 3.8) is 0 Å². The highest BCUT2D eigenvalue weighted by Gasteiger charge is 2.43. The fourth-order valence-corrected chi connectivity index (χ4v) is 3.17. The quantitative estimate of drug-likeness (QED) is 0.619. The summed E-state index contributed by atoms with van der Waals surface area (Å²) < 4.78 is 18.1. The molecule has 0 bridgehead atoms. The Hall–Kier alpha value is -3.80. The fourth-order valence-electron chi connectivity index (χ4n) is 3.17. The number of nitrogens with zero attached hydrogens (tertiary/aromatic N) is 3. The van der Waals surface area contributed by atoms with Crippen molar-refractivity contribution in [3.05, 3.63) is 89.5 Å². The van der Waals surface area contributed by atoms with E-state index in [1.807, 2.05) is 18.2 Å². The first-order valence-electron chi connectivity index (χ1n) is 9.17.